The monoisotopic (exact) mass is 407 g/mol. The number of aromatic nitrogens is 1. The van der Waals surface area contributed by atoms with Gasteiger partial charge in [0.25, 0.3) is 0 Å². The molecule has 2 heterocycles. The Bertz CT molecular complexity index is 1240. The summed E-state index contributed by atoms with van der Waals surface area (Å²) in [6.07, 6.45) is 0. The van der Waals surface area contributed by atoms with Crippen LogP contribution in [0.15, 0.2) is 63.1 Å². The van der Waals surface area contributed by atoms with Crippen LogP contribution in [-0.2, 0) is 4.79 Å². The fraction of sp³-hybridized carbons (Fsp3) is 0.136. The molecule has 0 atom stereocenters. The van der Waals surface area contributed by atoms with Crippen LogP contribution in [0.25, 0.3) is 33.0 Å². The van der Waals surface area contributed by atoms with Crippen molar-refractivity contribution in [1.29, 1.82) is 0 Å². The zero-order valence-electron chi connectivity index (χ0n) is 15.8. The summed E-state index contributed by atoms with van der Waals surface area (Å²) in [7, 11) is 0. The van der Waals surface area contributed by atoms with E-state index in [1.807, 2.05) is 31.2 Å². The number of rotatable bonds is 5. The molecule has 0 aliphatic heterocycles. The Kier molecular flexibility index (Phi) is 5.14. The zero-order chi connectivity index (χ0) is 20.4. The van der Waals surface area contributed by atoms with Gasteiger partial charge in [0.2, 0.25) is 16.9 Å². The molecule has 0 aliphatic carbocycles. The third-order valence-electron chi connectivity index (χ3n) is 4.15. The smallest absolute Gasteiger partial charge is 0.308 e. The number of carbonyl (C=O) groups is 1. The predicted octanol–water partition coefficient (Wildman–Crippen LogP) is 4.91. The van der Waals surface area contributed by atoms with Gasteiger partial charge in [0.05, 0.1) is 12.0 Å². The Morgan fingerprint density at radius 1 is 1.14 bits per heavy atom. The third-order valence-corrected chi connectivity index (χ3v) is 5.04. The van der Waals surface area contributed by atoms with E-state index in [0.29, 0.717) is 23.3 Å². The number of benzene rings is 2. The van der Waals surface area contributed by atoms with Crippen LogP contribution in [0.1, 0.15) is 13.8 Å². The number of nitrogens with zero attached hydrogens (tertiary/aromatic N) is 1. The van der Waals surface area contributed by atoms with Crippen LogP contribution in [0, 0.1) is 0 Å². The van der Waals surface area contributed by atoms with Crippen LogP contribution in [0.5, 0.6) is 11.5 Å². The van der Waals surface area contributed by atoms with E-state index in [4.69, 9.17) is 13.9 Å². The molecule has 0 aliphatic rings. The number of hydrogen-bond donors (Lipinski definition) is 0. The van der Waals surface area contributed by atoms with Gasteiger partial charge in [-0.25, -0.2) is 4.98 Å². The zero-order valence-corrected chi connectivity index (χ0v) is 16.6. The normalized spacial score (nSPS) is 10.8. The van der Waals surface area contributed by atoms with Crippen molar-refractivity contribution in [1.82, 2.24) is 4.98 Å². The minimum Gasteiger partial charge on any atom is -0.494 e. The van der Waals surface area contributed by atoms with Crippen molar-refractivity contribution in [3.05, 3.63) is 64.1 Å². The van der Waals surface area contributed by atoms with Gasteiger partial charge in [0, 0.05) is 17.9 Å². The molecule has 0 spiro atoms. The highest BCUT2D eigenvalue weighted by molar-refractivity contribution is 7.13. The Labute approximate surface area is 170 Å². The van der Waals surface area contributed by atoms with Gasteiger partial charge in [-0.05, 0) is 43.3 Å². The molecule has 0 radical (unpaired) electrons. The molecule has 0 amide bonds. The molecule has 2 aromatic carbocycles. The molecule has 146 valence electrons. The number of fused-ring (bicyclic) bond motifs is 1. The number of esters is 1. The second kappa shape index (κ2) is 7.89. The van der Waals surface area contributed by atoms with Crippen molar-refractivity contribution in [3.8, 4) is 33.5 Å². The highest BCUT2D eigenvalue weighted by Crippen LogP contribution is 2.35. The maximum absolute atomic E-state index is 12.9. The van der Waals surface area contributed by atoms with E-state index in [2.05, 4.69) is 4.98 Å². The molecule has 0 fully saturated rings. The first-order valence-electron chi connectivity index (χ1n) is 9.00. The van der Waals surface area contributed by atoms with E-state index in [1.54, 1.807) is 29.6 Å². The molecule has 6 nitrogen and oxygen atoms in total. The summed E-state index contributed by atoms with van der Waals surface area (Å²) in [5.41, 5.74) is 1.33. The molecule has 4 rings (SSSR count). The van der Waals surface area contributed by atoms with Gasteiger partial charge in [0.15, 0.2) is 0 Å². The highest BCUT2D eigenvalue weighted by atomic mass is 32.1. The third kappa shape index (κ3) is 3.77. The average molecular weight is 407 g/mol. The number of para-hydroxylation sites is 1. The Balaban J connectivity index is 1.80. The number of ether oxygens (including phenoxy) is 2. The number of carbonyl (C=O) groups excluding carboxylic acids is 1. The maximum atomic E-state index is 12.9. The molecule has 0 saturated carbocycles. The lowest BCUT2D eigenvalue weighted by atomic mass is 10.2. The van der Waals surface area contributed by atoms with Crippen molar-refractivity contribution in [2.24, 2.45) is 0 Å². The topological polar surface area (TPSA) is 78.6 Å². The second-order valence-electron chi connectivity index (χ2n) is 6.17. The van der Waals surface area contributed by atoms with E-state index in [1.165, 1.54) is 18.3 Å². The molecule has 2 aromatic heterocycles. The van der Waals surface area contributed by atoms with E-state index in [9.17, 15) is 9.59 Å². The van der Waals surface area contributed by atoms with Crippen molar-refractivity contribution < 1.29 is 18.7 Å². The summed E-state index contributed by atoms with van der Waals surface area (Å²) in [6.45, 7) is 3.77. The van der Waals surface area contributed by atoms with Gasteiger partial charge in [-0.3, -0.25) is 9.59 Å². The van der Waals surface area contributed by atoms with Gasteiger partial charge < -0.3 is 13.9 Å². The summed E-state index contributed by atoms with van der Waals surface area (Å²) in [4.78, 5) is 29.0. The summed E-state index contributed by atoms with van der Waals surface area (Å²) >= 11 is 1.40. The second-order valence-corrected chi connectivity index (χ2v) is 7.03. The van der Waals surface area contributed by atoms with Crippen LogP contribution < -0.4 is 14.9 Å². The SMILES string of the molecule is CCOc1ccc(-c2nc(-c3oc4ccccc4c(=O)c3OC(C)=O)cs2)cc1. The van der Waals surface area contributed by atoms with E-state index < -0.39 is 11.4 Å². The summed E-state index contributed by atoms with van der Waals surface area (Å²) in [5.74, 6) is 0.165. The lowest BCUT2D eigenvalue weighted by Crippen LogP contribution is -2.13. The summed E-state index contributed by atoms with van der Waals surface area (Å²) in [5, 5.41) is 2.85. The fourth-order valence-corrected chi connectivity index (χ4v) is 3.71. The van der Waals surface area contributed by atoms with Gasteiger partial charge in [-0.1, -0.05) is 12.1 Å². The molecule has 0 bridgehead atoms. The van der Waals surface area contributed by atoms with E-state index in [-0.39, 0.29) is 11.5 Å². The average Bonchev–Trinajstić information content (AvgIpc) is 3.20. The van der Waals surface area contributed by atoms with E-state index in [0.717, 1.165) is 16.3 Å². The van der Waals surface area contributed by atoms with Crippen molar-refractivity contribution in [3.63, 3.8) is 0 Å². The van der Waals surface area contributed by atoms with Crippen molar-refractivity contribution >= 4 is 28.3 Å². The first kappa shape index (κ1) is 18.9. The fourth-order valence-electron chi connectivity index (χ4n) is 2.90. The van der Waals surface area contributed by atoms with Gasteiger partial charge in [-0.15, -0.1) is 11.3 Å². The minimum atomic E-state index is -0.601. The van der Waals surface area contributed by atoms with Crippen molar-refractivity contribution in [2.75, 3.05) is 6.61 Å². The van der Waals surface area contributed by atoms with Crippen LogP contribution in [0.3, 0.4) is 0 Å². The Morgan fingerprint density at radius 3 is 2.62 bits per heavy atom. The van der Waals surface area contributed by atoms with Crippen LogP contribution in [0.2, 0.25) is 0 Å². The summed E-state index contributed by atoms with van der Waals surface area (Å²) in [6, 6.07) is 14.4. The molecule has 0 N–H and O–H groups in total. The lowest BCUT2D eigenvalue weighted by Gasteiger charge is -2.07. The molecule has 7 heteroatoms. The molecule has 4 aromatic rings. The van der Waals surface area contributed by atoms with Gasteiger partial charge >= 0.3 is 5.97 Å². The van der Waals surface area contributed by atoms with Crippen molar-refractivity contribution in [2.45, 2.75) is 13.8 Å². The number of hydrogen-bond acceptors (Lipinski definition) is 7. The molecule has 29 heavy (non-hydrogen) atoms. The van der Waals surface area contributed by atoms with Crippen LogP contribution >= 0.6 is 11.3 Å². The first-order chi connectivity index (χ1) is 14.1. The van der Waals surface area contributed by atoms with E-state index >= 15 is 0 Å². The standard InChI is InChI=1S/C22H17NO5S/c1-3-26-15-10-8-14(9-11-15)22-23-17(12-29-22)20-21(27-13(2)24)19(25)16-6-4-5-7-18(16)28-20/h4-12H,3H2,1-2H3. The Hall–Kier alpha value is -3.45. The number of thiazole rings is 1. The minimum absolute atomic E-state index is 0.136. The molecular formula is C22H17NO5S. The van der Waals surface area contributed by atoms with Crippen LogP contribution in [0.4, 0.5) is 0 Å². The highest BCUT2D eigenvalue weighted by Gasteiger charge is 2.21. The molecular weight excluding hydrogens is 390 g/mol. The molecule has 0 saturated heterocycles. The summed E-state index contributed by atoms with van der Waals surface area (Å²) < 4.78 is 16.6. The van der Waals surface area contributed by atoms with Gasteiger partial charge in [0.1, 0.15) is 22.0 Å². The Morgan fingerprint density at radius 2 is 1.90 bits per heavy atom. The van der Waals surface area contributed by atoms with Crippen LogP contribution in [-0.4, -0.2) is 17.6 Å². The quantitative estimate of drug-likeness (QED) is 0.438. The maximum Gasteiger partial charge on any atom is 0.308 e. The first-order valence-corrected chi connectivity index (χ1v) is 9.88. The largest absolute Gasteiger partial charge is 0.494 e. The van der Waals surface area contributed by atoms with Gasteiger partial charge in [-0.2, -0.15) is 0 Å². The molecule has 0 unspecified atom stereocenters. The lowest BCUT2D eigenvalue weighted by molar-refractivity contribution is -0.131. The predicted molar refractivity (Wildman–Crippen MR) is 112 cm³/mol.